The largest absolute Gasteiger partial charge is 0.335 e. The van der Waals surface area contributed by atoms with Crippen molar-refractivity contribution >= 4 is 5.91 Å². The Balaban J connectivity index is 1.54. The molecule has 1 aromatic carbocycles. The number of rotatable bonds is 1. The molecule has 0 atom stereocenters. The van der Waals surface area contributed by atoms with Crippen LogP contribution in [0.15, 0.2) is 42.5 Å². The van der Waals surface area contributed by atoms with E-state index in [1.807, 2.05) is 42.5 Å². The van der Waals surface area contributed by atoms with E-state index >= 15 is 0 Å². The summed E-state index contributed by atoms with van der Waals surface area (Å²) >= 11 is 0. The number of carbonyl (C=O) groups is 1. The number of carbonyl (C=O) groups excluding carboxylic acids is 1. The van der Waals surface area contributed by atoms with E-state index in [4.69, 9.17) is 0 Å². The smallest absolute Gasteiger partial charge is 0.255 e. The van der Waals surface area contributed by atoms with Gasteiger partial charge in [-0.2, -0.15) is 0 Å². The van der Waals surface area contributed by atoms with Gasteiger partial charge in [0.25, 0.3) is 5.91 Å². The molecule has 0 bridgehead atoms. The molecule has 3 nitrogen and oxygen atoms in total. The molecule has 0 spiro atoms. The first-order chi connectivity index (χ1) is 12.3. The van der Waals surface area contributed by atoms with Crippen molar-refractivity contribution < 1.29 is 4.79 Å². The van der Waals surface area contributed by atoms with E-state index in [1.54, 1.807) is 0 Å². The molecule has 1 amide bonds. The van der Waals surface area contributed by atoms with Crippen LogP contribution in [0.25, 0.3) is 0 Å². The zero-order valence-electron chi connectivity index (χ0n) is 14.4. The topological polar surface area (TPSA) is 33.2 Å². The maximum Gasteiger partial charge on any atom is 0.255 e. The van der Waals surface area contributed by atoms with Crippen molar-refractivity contribution in [2.45, 2.75) is 44.6 Å². The maximum atomic E-state index is 12.9. The number of benzene rings is 1. The molecule has 1 aliphatic carbocycles. The quantitative estimate of drug-likeness (QED) is 0.745. The highest BCUT2D eigenvalue weighted by molar-refractivity contribution is 5.96. The van der Waals surface area contributed by atoms with Gasteiger partial charge in [-0.15, -0.1) is 0 Å². The molecular formula is C22H22N2O. The molecule has 0 radical (unpaired) electrons. The molecule has 1 aromatic heterocycles. The van der Waals surface area contributed by atoms with Gasteiger partial charge in [-0.1, -0.05) is 43.4 Å². The van der Waals surface area contributed by atoms with Crippen LogP contribution in [0.3, 0.4) is 0 Å². The Bertz CT molecular complexity index is 826. The molecule has 2 heterocycles. The van der Waals surface area contributed by atoms with Crippen LogP contribution in [0.2, 0.25) is 0 Å². The van der Waals surface area contributed by atoms with Crippen LogP contribution >= 0.6 is 0 Å². The third-order valence-corrected chi connectivity index (χ3v) is 5.18. The number of pyridine rings is 1. The summed E-state index contributed by atoms with van der Waals surface area (Å²) in [4.78, 5) is 19.6. The van der Waals surface area contributed by atoms with E-state index in [0.29, 0.717) is 6.04 Å². The summed E-state index contributed by atoms with van der Waals surface area (Å²) < 4.78 is 0. The average Bonchev–Trinajstić information content (AvgIpc) is 2.68. The number of hydrogen-bond donors (Lipinski definition) is 0. The summed E-state index contributed by atoms with van der Waals surface area (Å²) in [5.41, 5.74) is 3.38. The molecule has 1 saturated carbocycles. The second kappa shape index (κ2) is 7.11. The molecule has 2 aromatic rings. The van der Waals surface area contributed by atoms with E-state index in [2.05, 4.69) is 21.7 Å². The van der Waals surface area contributed by atoms with Crippen LogP contribution in [0.1, 0.15) is 59.4 Å². The van der Waals surface area contributed by atoms with Gasteiger partial charge < -0.3 is 4.90 Å². The van der Waals surface area contributed by atoms with Crippen molar-refractivity contribution in [1.29, 1.82) is 0 Å². The third-order valence-electron chi connectivity index (χ3n) is 5.18. The van der Waals surface area contributed by atoms with E-state index in [0.717, 1.165) is 48.3 Å². The van der Waals surface area contributed by atoms with Gasteiger partial charge in [0, 0.05) is 24.6 Å². The van der Waals surface area contributed by atoms with E-state index in [-0.39, 0.29) is 5.91 Å². The van der Waals surface area contributed by atoms with Crippen molar-refractivity contribution in [2.24, 2.45) is 0 Å². The van der Waals surface area contributed by atoms with Gasteiger partial charge in [0.2, 0.25) is 0 Å². The lowest BCUT2D eigenvalue weighted by atomic mass is 9.92. The zero-order valence-corrected chi connectivity index (χ0v) is 14.4. The maximum absolute atomic E-state index is 12.9. The van der Waals surface area contributed by atoms with Crippen molar-refractivity contribution in [3.8, 4) is 11.8 Å². The van der Waals surface area contributed by atoms with Crippen LogP contribution in [-0.2, 0) is 6.42 Å². The standard InChI is InChI=1S/C22H22N2O/c25-22-20-14-13-18(12-11-17-7-3-1-4-8-17)23-21(20)15-16-24(22)19-9-5-2-6-10-19/h1,3-4,7-8,13-14,19H,2,5-6,9-10,15-16H2. The molecule has 126 valence electrons. The summed E-state index contributed by atoms with van der Waals surface area (Å²) in [5, 5.41) is 0. The number of hydrogen-bond acceptors (Lipinski definition) is 2. The van der Waals surface area contributed by atoms with Gasteiger partial charge in [0.15, 0.2) is 0 Å². The SMILES string of the molecule is O=C1c2ccc(C#Cc3ccccc3)nc2CCN1C1CCCCC1. The highest BCUT2D eigenvalue weighted by Gasteiger charge is 2.31. The minimum absolute atomic E-state index is 0.156. The van der Waals surface area contributed by atoms with Crippen LogP contribution in [0.5, 0.6) is 0 Å². The zero-order chi connectivity index (χ0) is 17.1. The number of amides is 1. The fourth-order valence-electron chi connectivity index (χ4n) is 3.84. The summed E-state index contributed by atoms with van der Waals surface area (Å²) in [5.74, 6) is 6.40. The first kappa shape index (κ1) is 15.9. The molecule has 0 N–H and O–H groups in total. The van der Waals surface area contributed by atoms with Gasteiger partial charge in [0.1, 0.15) is 5.69 Å². The molecule has 0 saturated heterocycles. The summed E-state index contributed by atoms with van der Waals surface area (Å²) in [6.07, 6.45) is 6.92. The van der Waals surface area contributed by atoms with Crippen LogP contribution in [-0.4, -0.2) is 28.4 Å². The molecular weight excluding hydrogens is 308 g/mol. The third kappa shape index (κ3) is 3.44. The van der Waals surface area contributed by atoms with Gasteiger partial charge >= 0.3 is 0 Å². The Labute approximate surface area is 149 Å². The fraction of sp³-hybridized carbons (Fsp3) is 0.364. The molecule has 2 aliphatic rings. The van der Waals surface area contributed by atoms with Crippen molar-refractivity contribution in [3.05, 3.63) is 65.0 Å². The van der Waals surface area contributed by atoms with Crippen LogP contribution in [0.4, 0.5) is 0 Å². The molecule has 1 aliphatic heterocycles. The Morgan fingerprint density at radius 3 is 2.56 bits per heavy atom. The average molecular weight is 330 g/mol. The molecule has 4 rings (SSSR count). The number of aromatic nitrogens is 1. The molecule has 1 fully saturated rings. The monoisotopic (exact) mass is 330 g/mol. The Hall–Kier alpha value is -2.60. The first-order valence-electron chi connectivity index (χ1n) is 9.19. The Kier molecular flexibility index (Phi) is 4.52. The first-order valence-corrected chi connectivity index (χ1v) is 9.19. The van der Waals surface area contributed by atoms with E-state index < -0.39 is 0 Å². The Morgan fingerprint density at radius 1 is 0.960 bits per heavy atom. The number of nitrogens with zero attached hydrogens (tertiary/aromatic N) is 2. The van der Waals surface area contributed by atoms with E-state index in [1.165, 1.54) is 19.3 Å². The van der Waals surface area contributed by atoms with Gasteiger partial charge in [-0.05, 0) is 43.0 Å². The van der Waals surface area contributed by atoms with Gasteiger partial charge in [-0.3, -0.25) is 4.79 Å². The van der Waals surface area contributed by atoms with Crippen molar-refractivity contribution in [3.63, 3.8) is 0 Å². The minimum atomic E-state index is 0.156. The van der Waals surface area contributed by atoms with Gasteiger partial charge in [-0.25, -0.2) is 4.98 Å². The highest BCUT2D eigenvalue weighted by Crippen LogP contribution is 2.27. The van der Waals surface area contributed by atoms with Crippen LogP contribution in [0, 0.1) is 11.8 Å². The molecule has 3 heteroatoms. The number of fused-ring (bicyclic) bond motifs is 1. The fourth-order valence-corrected chi connectivity index (χ4v) is 3.84. The van der Waals surface area contributed by atoms with Gasteiger partial charge in [0.05, 0.1) is 11.3 Å². The summed E-state index contributed by atoms with van der Waals surface area (Å²) in [6.45, 7) is 0.791. The predicted octanol–water partition coefficient (Wildman–Crippen LogP) is 3.81. The molecule has 0 unspecified atom stereocenters. The predicted molar refractivity (Wildman–Crippen MR) is 98.3 cm³/mol. The highest BCUT2D eigenvalue weighted by atomic mass is 16.2. The second-order valence-corrected chi connectivity index (χ2v) is 6.85. The Morgan fingerprint density at radius 2 is 1.76 bits per heavy atom. The second-order valence-electron chi connectivity index (χ2n) is 6.85. The lowest BCUT2D eigenvalue weighted by Gasteiger charge is -2.37. The van der Waals surface area contributed by atoms with E-state index in [9.17, 15) is 4.79 Å². The summed E-state index contributed by atoms with van der Waals surface area (Å²) in [6, 6.07) is 14.1. The minimum Gasteiger partial charge on any atom is -0.335 e. The normalized spacial score (nSPS) is 17.6. The lowest BCUT2D eigenvalue weighted by molar-refractivity contribution is 0.0612. The van der Waals surface area contributed by atoms with Crippen molar-refractivity contribution in [2.75, 3.05) is 6.54 Å². The van der Waals surface area contributed by atoms with Crippen LogP contribution < -0.4 is 0 Å². The lowest BCUT2D eigenvalue weighted by Crippen LogP contribution is -2.45. The molecule has 25 heavy (non-hydrogen) atoms. The van der Waals surface area contributed by atoms with Crippen molar-refractivity contribution in [1.82, 2.24) is 9.88 Å². The summed E-state index contributed by atoms with van der Waals surface area (Å²) in [7, 11) is 0.